The highest BCUT2D eigenvalue weighted by molar-refractivity contribution is 5.76. The Labute approximate surface area is 123 Å². The molecule has 110 valence electrons. The number of hydrogen-bond donors (Lipinski definition) is 1. The number of aliphatic carboxylic acids is 1. The lowest BCUT2D eigenvalue weighted by atomic mass is 9.92. The zero-order chi connectivity index (χ0) is 14.8. The van der Waals surface area contributed by atoms with Crippen LogP contribution in [0.5, 0.6) is 0 Å². The Morgan fingerprint density at radius 3 is 2.95 bits per heavy atom. The van der Waals surface area contributed by atoms with E-state index in [4.69, 9.17) is 0 Å². The average Bonchev–Trinajstić information content (AvgIpc) is 2.89. The Morgan fingerprint density at radius 2 is 2.24 bits per heavy atom. The average molecular weight is 285 g/mol. The third-order valence-electron chi connectivity index (χ3n) is 4.06. The van der Waals surface area contributed by atoms with Crippen molar-refractivity contribution in [1.29, 1.82) is 0 Å². The van der Waals surface area contributed by atoms with Crippen LogP contribution in [0.4, 0.5) is 0 Å². The van der Waals surface area contributed by atoms with Crippen LogP contribution < -0.4 is 0 Å². The van der Waals surface area contributed by atoms with Gasteiger partial charge in [0.2, 0.25) is 0 Å². The van der Waals surface area contributed by atoms with Crippen molar-refractivity contribution in [3.8, 4) is 0 Å². The van der Waals surface area contributed by atoms with E-state index in [1.807, 2.05) is 43.7 Å². The maximum Gasteiger partial charge on any atom is 0.325 e. The molecule has 1 aromatic carbocycles. The lowest BCUT2D eigenvalue weighted by molar-refractivity contribution is -0.144. The van der Waals surface area contributed by atoms with E-state index in [2.05, 4.69) is 10.00 Å². The molecule has 0 aliphatic carbocycles. The number of carbonyl (C=O) groups is 1. The first kappa shape index (κ1) is 13.8. The largest absolute Gasteiger partial charge is 0.480 e. The number of carboxylic acids is 1. The number of fused-ring (bicyclic) bond motifs is 1. The number of aryl methyl sites for hydroxylation is 1. The molecular formula is C16H19N3O2. The Bertz CT molecular complexity index is 650. The molecule has 2 aromatic rings. The van der Waals surface area contributed by atoms with E-state index in [1.165, 1.54) is 0 Å². The van der Waals surface area contributed by atoms with Gasteiger partial charge in [-0.1, -0.05) is 24.3 Å². The van der Waals surface area contributed by atoms with Crippen molar-refractivity contribution >= 4 is 5.97 Å². The fourth-order valence-electron chi connectivity index (χ4n) is 3.02. The molecule has 1 aliphatic heterocycles. The SMILES string of the molecule is Cn1cc(CCN2CCc3ccccc3C2C(=O)O)cn1. The Kier molecular flexibility index (Phi) is 3.75. The quantitative estimate of drug-likeness (QED) is 0.928. The molecule has 5 nitrogen and oxygen atoms in total. The monoisotopic (exact) mass is 285 g/mol. The molecule has 1 atom stereocenters. The first-order chi connectivity index (χ1) is 10.1. The highest BCUT2D eigenvalue weighted by Crippen LogP contribution is 2.29. The molecule has 21 heavy (non-hydrogen) atoms. The van der Waals surface area contributed by atoms with E-state index in [0.29, 0.717) is 0 Å². The molecule has 1 N–H and O–H groups in total. The third-order valence-corrected chi connectivity index (χ3v) is 4.06. The molecule has 0 saturated heterocycles. The molecule has 0 bridgehead atoms. The summed E-state index contributed by atoms with van der Waals surface area (Å²) in [7, 11) is 1.89. The summed E-state index contributed by atoms with van der Waals surface area (Å²) < 4.78 is 1.77. The van der Waals surface area contributed by atoms with Gasteiger partial charge in [-0.05, 0) is 29.5 Å². The van der Waals surface area contributed by atoms with Gasteiger partial charge >= 0.3 is 5.97 Å². The van der Waals surface area contributed by atoms with Crippen molar-refractivity contribution in [2.45, 2.75) is 18.9 Å². The van der Waals surface area contributed by atoms with Gasteiger partial charge in [-0.25, -0.2) is 0 Å². The zero-order valence-electron chi connectivity index (χ0n) is 12.1. The van der Waals surface area contributed by atoms with Crippen molar-refractivity contribution in [2.24, 2.45) is 7.05 Å². The molecule has 0 amide bonds. The van der Waals surface area contributed by atoms with Crippen LogP contribution in [0.25, 0.3) is 0 Å². The smallest absolute Gasteiger partial charge is 0.325 e. The second-order valence-corrected chi connectivity index (χ2v) is 5.50. The summed E-state index contributed by atoms with van der Waals surface area (Å²) in [6.07, 6.45) is 5.55. The highest BCUT2D eigenvalue weighted by Gasteiger charge is 2.32. The number of carboxylic acid groups (broad SMARTS) is 1. The van der Waals surface area contributed by atoms with Gasteiger partial charge in [-0.15, -0.1) is 0 Å². The van der Waals surface area contributed by atoms with E-state index >= 15 is 0 Å². The van der Waals surface area contributed by atoms with Crippen LogP contribution in [0.1, 0.15) is 22.7 Å². The van der Waals surface area contributed by atoms with Crippen LogP contribution in [0.3, 0.4) is 0 Å². The molecular weight excluding hydrogens is 266 g/mol. The number of benzene rings is 1. The second-order valence-electron chi connectivity index (χ2n) is 5.50. The van der Waals surface area contributed by atoms with Crippen LogP contribution in [-0.2, 0) is 24.7 Å². The summed E-state index contributed by atoms with van der Waals surface area (Å²) in [5, 5.41) is 13.8. The number of hydrogen-bond acceptors (Lipinski definition) is 3. The molecule has 3 rings (SSSR count). The van der Waals surface area contributed by atoms with E-state index < -0.39 is 12.0 Å². The van der Waals surface area contributed by atoms with Crippen LogP contribution in [-0.4, -0.2) is 38.8 Å². The maximum absolute atomic E-state index is 11.7. The molecule has 0 saturated carbocycles. The predicted molar refractivity (Wildman–Crippen MR) is 79.0 cm³/mol. The molecule has 0 radical (unpaired) electrons. The van der Waals surface area contributed by atoms with Gasteiger partial charge in [0.25, 0.3) is 0 Å². The molecule has 0 spiro atoms. The summed E-state index contributed by atoms with van der Waals surface area (Å²) in [6.45, 7) is 1.52. The lowest BCUT2D eigenvalue weighted by Crippen LogP contribution is -2.40. The standard InChI is InChI=1S/C16H19N3O2/c1-18-11-12(10-17-18)6-8-19-9-7-13-4-2-3-5-14(13)15(19)16(20)21/h2-5,10-11,15H,6-9H2,1H3,(H,20,21). The Balaban J connectivity index is 1.77. The van der Waals surface area contributed by atoms with Crippen molar-refractivity contribution < 1.29 is 9.90 Å². The van der Waals surface area contributed by atoms with Gasteiger partial charge in [0.1, 0.15) is 6.04 Å². The topological polar surface area (TPSA) is 58.4 Å². The van der Waals surface area contributed by atoms with Crippen molar-refractivity contribution in [2.75, 3.05) is 13.1 Å². The van der Waals surface area contributed by atoms with Gasteiger partial charge in [0.05, 0.1) is 6.20 Å². The summed E-state index contributed by atoms with van der Waals surface area (Å²) >= 11 is 0. The van der Waals surface area contributed by atoms with Gasteiger partial charge in [-0.2, -0.15) is 5.10 Å². The summed E-state index contributed by atoms with van der Waals surface area (Å²) in [4.78, 5) is 13.7. The zero-order valence-corrected chi connectivity index (χ0v) is 12.1. The molecule has 2 heterocycles. The minimum atomic E-state index is -0.770. The highest BCUT2D eigenvalue weighted by atomic mass is 16.4. The molecule has 1 unspecified atom stereocenters. The van der Waals surface area contributed by atoms with E-state index in [0.717, 1.165) is 42.6 Å². The van der Waals surface area contributed by atoms with Gasteiger partial charge in [0, 0.05) is 26.3 Å². The molecule has 0 fully saturated rings. The Hall–Kier alpha value is -2.14. The van der Waals surface area contributed by atoms with Gasteiger partial charge in [-0.3, -0.25) is 14.4 Å². The predicted octanol–water partition coefficient (Wildman–Crippen LogP) is 1.65. The van der Waals surface area contributed by atoms with Crippen molar-refractivity contribution in [1.82, 2.24) is 14.7 Å². The fourth-order valence-corrected chi connectivity index (χ4v) is 3.02. The van der Waals surface area contributed by atoms with E-state index in [1.54, 1.807) is 4.68 Å². The maximum atomic E-state index is 11.7. The number of rotatable bonds is 4. The van der Waals surface area contributed by atoms with Crippen LogP contribution in [0.2, 0.25) is 0 Å². The first-order valence-electron chi connectivity index (χ1n) is 7.17. The summed E-state index contributed by atoms with van der Waals surface area (Å²) in [6, 6.07) is 7.32. The Morgan fingerprint density at radius 1 is 1.43 bits per heavy atom. The number of nitrogens with zero attached hydrogens (tertiary/aromatic N) is 3. The molecule has 1 aliphatic rings. The lowest BCUT2D eigenvalue weighted by Gasteiger charge is -2.34. The fraction of sp³-hybridized carbons (Fsp3) is 0.375. The van der Waals surface area contributed by atoms with Crippen LogP contribution in [0, 0.1) is 0 Å². The first-order valence-corrected chi connectivity index (χ1v) is 7.17. The minimum Gasteiger partial charge on any atom is -0.480 e. The van der Waals surface area contributed by atoms with Crippen LogP contribution >= 0.6 is 0 Å². The second kappa shape index (κ2) is 5.69. The normalized spacial score (nSPS) is 18.4. The van der Waals surface area contributed by atoms with E-state index in [-0.39, 0.29) is 0 Å². The van der Waals surface area contributed by atoms with Gasteiger partial charge < -0.3 is 5.11 Å². The molecule has 1 aromatic heterocycles. The molecule has 5 heteroatoms. The third kappa shape index (κ3) is 2.83. The van der Waals surface area contributed by atoms with E-state index in [9.17, 15) is 9.90 Å². The van der Waals surface area contributed by atoms with Crippen molar-refractivity contribution in [3.05, 3.63) is 53.3 Å². The minimum absolute atomic E-state index is 0.536. The van der Waals surface area contributed by atoms with Crippen LogP contribution in [0.15, 0.2) is 36.7 Å². The van der Waals surface area contributed by atoms with Gasteiger partial charge in [0.15, 0.2) is 0 Å². The summed E-state index contributed by atoms with van der Waals surface area (Å²) in [5.74, 6) is -0.770. The number of aromatic nitrogens is 2. The van der Waals surface area contributed by atoms with Crippen molar-refractivity contribution in [3.63, 3.8) is 0 Å². The summed E-state index contributed by atoms with van der Waals surface area (Å²) in [5.41, 5.74) is 3.23.